The third kappa shape index (κ3) is 3.70. The summed E-state index contributed by atoms with van der Waals surface area (Å²) in [5.41, 5.74) is 1.50. The Balaban J connectivity index is 1.89. The van der Waals surface area contributed by atoms with Gasteiger partial charge in [0.05, 0.1) is 18.0 Å². The summed E-state index contributed by atoms with van der Waals surface area (Å²) in [6.45, 7) is 7.44. The van der Waals surface area contributed by atoms with E-state index >= 15 is 0 Å². The summed E-state index contributed by atoms with van der Waals surface area (Å²) < 4.78 is 5.48. The van der Waals surface area contributed by atoms with Crippen LogP contribution in [0, 0.1) is 0 Å². The average molecular weight is 277 g/mol. The number of carbonyl (C=O) groups is 1. The molecule has 5 nitrogen and oxygen atoms in total. The van der Waals surface area contributed by atoms with Crippen molar-refractivity contribution in [2.45, 2.75) is 32.8 Å². The van der Waals surface area contributed by atoms with Crippen LogP contribution in [0.3, 0.4) is 0 Å². The molecule has 1 atom stereocenters. The van der Waals surface area contributed by atoms with Gasteiger partial charge in [0.25, 0.3) is 5.91 Å². The summed E-state index contributed by atoms with van der Waals surface area (Å²) >= 11 is 0. The minimum Gasteiger partial charge on any atom is -0.376 e. The van der Waals surface area contributed by atoms with Crippen LogP contribution in [0.15, 0.2) is 18.3 Å². The van der Waals surface area contributed by atoms with Gasteiger partial charge in [0.1, 0.15) is 5.69 Å². The maximum absolute atomic E-state index is 12.0. The summed E-state index contributed by atoms with van der Waals surface area (Å²) in [6, 6.07) is 3.72. The number of pyridine rings is 1. The minimum absolute atomic E-state index is 0.133. The molecular weight excluding hydrogens is 254 g/mol. The molecule has 1 fully saturated rings. The van der Waals surface area contributed by atoms with Crippen molar-refractivity contribution in [3.05, 3.63) is 24.0 Å². The number of nitrogens with zero attached hydrogens (tertiary/aromatic N) is 2. The van der Waals surface area contributed by atoms with E-state index in [4.69, 9.17) is 4.74 Å². The molecular formula is C15H23N3O2. The van der Waals surface area contributed by atoms with Gasteiger partial charge in [-0.1, -0.05) is 0 Å². The predicted octanol–water partition coefficient (Wildman–Crippen LogP) is 1.84. The zero-order chi connectivity index (χ0) is 14.4. The maximum atomic E-state index is 12.0. The molecule has 1 unspecified atom stereocenters. The number of aromatic nitrogens is 1. The normalized spacial score (nSPS) is 18.0. The minimum atomic E-state index is -0.133. The molecule has 110 valence electrons. The average Bonchev–Trinajstić information content (AvgIpc) is 3.00. The molecule has 1 aliphatic heterocycles. The molecule has 2 heterocycles. The van der Waals surface area contributed by atoms with E-state index in [9.17, 15) is 4.79 Å². The van der Waals surface area contributed by atoms with Crippen molar-refractivity contribution in [2.24, 2.45) is 0 Å². The molecule has 0 aliphatic carbocycles. The molecule has 1 aromatic rings. The molecule has 1 N–H and O–H groups in total. The highest BCUT2D eigenvalue weighted by Crippen LogP contribution is 2.13. The van der Waals surface area contributed by atoms with Gasteiger partial charge in [0.15, 0.2) is 0 Å². The van der Waals surface area contributed by atoms with E-state index in [1.165, 1.54) is 0 Å². The number of carbonyl (C=O) groups excluding carboxylic acids is 1. The molecule has 5 heteroatoms. The zero-order valence-corrected chi connectivity index (χ0v) is 12.3. The molecule has 1 saturated heterocycles. The molecule has 0 saturated carbocycles. The van der Waals surface area contributed by atoms with Crippen molar-refractivity contribution >= 4 is 11.6 Å². The Labute approximate surface area is 120 Å². The van der Waals surface area contributed by atoms with E-state index < -0.39 is 0 Å². The smallest absolute Gasteiger partial charge is 0.269 e. The topological polar surface area (TPSA) is 54.5 Å². The Morgan fingerprint density at radius 2 is 2.25 bits per heavy atom. The molecule has 1 aliphatic rings. The second-order valence-corrected chi connectivity index (χ2v) is 4.92. The van der Waals surface area contributed by atoms with Crippen LogP contribution in [0.2, 0.25) is 0 Å². The standard InChI is InChI=1S/C15H23N3O2/c1-3-18(4-2)12-7-8-14(16-10-12)15(19)17-11-13-6-5-9-20-13/h7-8,10,13H,3-6,9,11H2,1-2H3,(H,17,19). The Hall–Kier alpha value is -1.62. The van der Waals surface area contributed by atoms with Crippen LogP contribution in [-0.2, 0) is 4.74 Å². The first-order valence-electron chi connectivity index (χ1n) is 7.35. The Morgan fingerprint density at radius 3 is 2.80 bits per heavy atom. The van der Waals surface area contributed by atoms with Gasteiger partial charge in [-0.05, 0) is 38.8 Å². The van der Waals surface area contributed by atoms with E-state index in [1.807, 2.05) is 6.07 Å². The monoisotopic (exact) mass is 277 g/mol. The van der Waals surface area contributed by atoms with Gasteiger partial charge in [-0.3, -0.25) is 4.79 Å². The first kappa shape index (κ1) is 14.8. The van der Waals surface area contributed by atoms with Gasteiger partial charge in [-0.25, -0.2) is 4.98 Å². The number of rotatable bonds is 6. The first-order valence-corrected chi connectivity index (χ1v) is 7.35. The lowest BCUT2D eigenvalue weighted by Gasteiger charge is -2.20. The molecule has 2 rings (SSSR count). The third-order valence-corrected chi connectivity index (χ3v) is 3.62. The Morgan fingerprint density at radius 1 is 1.45 bits per heavy atom. The molecule has 20 heavy (non-hydrogen) atoms. The van der Waals surface area contributed by atoms with Crippen LogP contribution in [0.5, 0.6) is 0 Å². The second-order valence-electron chi connectivity index (χ2n) is 4.92. The van der Waals surface area contributed by atoms with Crippen molar-refractivity contribution in [3.63, 3.8) is 0 Å². The lowest BCUT2D eigenvalue weighted by Crippen LogP contribution is -2.32. The maximum Gasteiger partial charge on any atom is 0.269 e. The van der Waals surface area contributed by atoms with Gasteiger partial charge in [-0.15, -0.1) is 0 Å². The number of ether oxygens (including phenoxy) is 1. The van der Waals surface area contributed by atoms with Gasteiger partial charge >= 0.3 is 0 Å². The van der Waals surface area contributed by atoms with Crippen molar-refractivity contribution in [1.29, 1.82) is 0 Å². The molecule has 1 amide bonds. The number of amides is 1. The number of hydrogen-bond donors (Lipinski definition) is 1. The summed E-state index contributed by atoms with van der Waals surface area (Å²) in [4.78, 5) is 18.4. The highest BCUT2D eigenvalue weighted by Gasteiger charge is 2.17. The van der Waals surface area contributed by atoms with Gasteiger partial charge in [0, 0.05) is 26.2 Å². The fraction of sp³-hybridized carbons (Fsp3) is 0.600. The van der Waals surface area contributed by atoms with Crippen LogP contribution in [0.1, 0.15) is 37.2 Å². The van der Waals surface area contributed by atoms with Crippen LogP contribution in [0.25, 0.3) is 0 Å². The second kappa shape index (κ2) is 7.24. The molecule has 0 radical (unpaired) electrons. The van der Waals surface area contributed by atoms with Crippen LogP contribution >= 0.6 is 0 Å². The Kier molecular flexibility index (Phi) is 5.35. The fourth-order valence-corrected chi connectivity index (χ4v) is 2.40. The fourth-order valence-electron chi connectivity index (χ4n) is 2.40. The van der Waals surface area contributed by atoms with E-state index in [1.54, 1.807) is 12.3 Å². The van der Waals surface area contributed by atoms with Crippen LogP contribution in [-0.4, -0.2) is 43.2 Å². The molecule has 0 bridgehead atoms. The summed E-state index contributed by atoms with van der Waals surface area (Å²) in [6.07, 6.45) is 4.02. The predicted molar refractivity (Wildman–Crippen MR) is 79.1 cm³/mol. The van der Waals surface area contributed by atoms with Gasteiger partial charge < -0.3 is 15.0 Å². The Bertz CT molecular complexity index is 423. The number of nitrogens with one attached hydrogen (secondary N) is 1. The summed E-state index contributed by atoms with van der Waals surface area (Å²) in [5, 5.41) is 2.88. The highest BCUT2D eigenvalue weighted by molar-refractivity contribution is 5.92. The van der Waals surface area contributed by atoms with E-state index in [0.717, 1.165) is 38.2 Å². The van der Waals surface area contributed by atoms with Crippen molar-refractivity contribution < 1.29 is 9.53 Å². The van der Waals surface area contributed by atoms with Crippen molar-refractivity contribution in [3.8, 4) is 0 Å². The lowest BCUT2D eigenvalue weighted by atomic mass is 10.2. The SMILES string of the molecule is CCN(CC)c1ccc(C(=O)NCC2CCCO2)nc1. The van der Waals surface area contributed by atoms with E-state index in [-0.39, 0.29) is 12.0 Å². The van der Waals surface area contributed by atoms with Crippen LogP contribution < -0.4 is 10.2 Å². The van der Waals surface area contributed by atoms with Crippen molar-refractivity contribution in [2.75, 3.05) is 31.1 Å². The lowest BCUT2D eigenvalue weighted by molar-refractivity contribution is 0.0854. The first-order chi connectivity index (χ1) is 9.74. The summed E-state index contributed by atoms with van der Waals surface area (Å²) in [5.74, 6) is -0.133. The largest absolute Gasteiger partial charge is 0.376 e. The molecule has 1 aromatic heterocycles. The van der Waals surface area contributed by atoms with Crippen LogP contribution in [0.4, 0.5) is 5.69 Å². The van der Waals surface area contributed by atoms with E-state index in [0.29, 0.717) is 12.2 Å². The van der Waals surface area contributed by atoms with E-state index in [2.05, 4.69) is 29.0 Å². The quantitative estimate of drug-likeness (QED) is 0.862. The number of anilines is 1. The van der Waals surface area contributed by atoms with Gasteiger partial charge in [-0.2, -0.15) is 0 Å². The summed E-state index contributed by atoms with van der Waals surface area (Å²) in [7, 11) is 0. The van der Waals surface area contributed by atoms with Gasteiger partial charge in [0.2, 0.25) is 0 Å². The highest BCUT2D eigenvalue weighted by atomic mass is 16.5. The third-order valence-electron chi connectivity index (χ3n) is 3.62. The molecule has 0 aromatic carbocycles. The molecule has 0 spiro atoms. The zero-order valence-electron chi connectivity index (χ0n) is 12.3. The van der Waals surface area contributed by atoms with Crippen molar-refractivity contribution in [1.82, 2.24) is 10.3 Å². The number of hydrogen-bond acceptors (Lipinski definition) is 4.